The lowest BCUT2D eigenvalue weighted by Crippen LogP contribution is -2.31. The predicted molar refractivity (Wildman–Crippen MR) is 79.1 cm³/mol. The lowest BCUT2D eigenvalue weighted by Gasteiger charge is -2.20. The van der Waals surface area contributed by atoms with Crippen LogP contribution in [0.2, 0.25) is 0 Å². The second kappa shape index (κ2) is 7.47. The van der Waals surface area contributed by atoms with Gasteiger partial charge >= 0.3 is 0 Å². The van der Waals surface area contributed by atoms with Crippen LogP contribution in [0.4, 0.5) is 11.4 Å². The third-order valence-electron chi connectivity index (χ3n) is 3.07. The summed E-state index contributed by atoms with van der Waals surface area (Å²) in [4.78, 5) is 24.7. The van der Waals surface area contributed by atoms with E-state index in [4.69, 9.17) is 0 Å². The largest absolute Gasteiger partial charge is 0.379 e. The number of amides is 1. The van der Waals surface area contributed by atoms with Gasteiger partial charge in [0.25, 0.3) is 11.6 Å². The van der Waals surface area contributed by atoms with Crippen LogP contribution in [0.1, 0.15) is 37.6 Å². The summed E-state index contributed by atoms with van der Waals surface area (Å²) in [5, 5.41) is 14.1. The van der Waals surface area contributed by atoms with E-state index in [1.807, 2.05) is 20.8 Å². The Kier molecular flexibility index (Phi) is 5.96. The van der Waals surface area contributed by atoms with E-state index in [-0.39, 0.29) is 11.6 Å². The van der Waals surface area contributed by atoms with Gasteiger partial charge in [0, 0.05) is 25.7 Å². The van der Waals surface area contributed by atoms with E-state index in [0.717, 1.165) is 6.42 Å². The number of carbonyl (C=O) groups excluding carboxylic acids is 1. The molecule has 0 fully saturated rings. The van der Waals surface area contributed by atoms with Gasteiger partial charge < -0.3 is 10.2 Å². The Bertz CT molecular complexity index is 485. The highest BCUT2D eigenvalue weighted by Crippen LogP contribution is 2.29. The molecule has 1 amide bonds. The number of nitro benzene ring substituents is 1. The molecule has 0 heterocycles. The molecule has 0 atom stereocenters. The molecule has 6 nitrogen and oxygen atoms in total. The Morgan fingerprint density at radius 3 is 2.45 bits per heavy atom. The first-order chi connectivity index (χ1) is 9.56. The molecular formula is C14H21N3O3. The highest BCUT2D eigenvalue weighted by atomic mass is 16.6. The molecule has 0 spiro atoms. The van der Waals surface area contributed by atoms with Crippen molar-refractivity contribution in [2.75, 3.05) is 25.0 Å². The number of carbonyl (C=O) groups is 1. The maximum absolute atomic E-state index is 12.4. The zero-order valence-electron chi connectivity index (χ0n) is 12.2. The van der Waals surface area contributed by atoms with Crippen LogP contribution in [-0.2, 0) is 0 Å². The molecule has 20 heavy (non-hydrogen) atoms. The number of para-hydroxylation sites is 1. The summed E-state index contributed by atoms with van der Waals surface area (Å²) in [7, 11) is 0. The van der Waals surface area contributed by atoms with Crippen molar-refractivity contribution in [2.24, 2.45) is 0 Å². The maximum atomic E-state index is 12.4. The molecule has 0 radical (unpaired) electrons. The summed E-state index contributed by atoms with van der Waals surface area (Å²) in [5.74, 6) is -0.183. The number of rotatable bonds is 7. The quantitative estimate of drug-likeness (QED) is 0.615. The average Bonchev–Trinajstić information content (AvgIpc) is 2.45. The third-order valence-corrected chi connectivity index (χ3v) is 3.07. The fourth-order valence-corrected chi connectivity index (χ4v) is 1.99. The van der Waals surface area contributed by atoms with E-state index in [2.05, 4.69) is 5.32 Å². The Morgan fingerprint density at radius 2 is 1.95 bits per heavy atom. The van der Waals surface area contributed by atoms with Gasteiger partial charge in [-0.15, -0.1) is 0 Å². The minimum Gasteiger partial charge on any atom is -0.379 e. The summed E-state index contributed by atoms with van der Waals surface area (Å²) >= 11 is 0. The van der Waals surface area contributed by atoms with Gasteiger partial charge in [0.1, 0.15) is 5.69 Å². The summed E-state index contributed by atoms with van der Waals surface area (Å²) in [5.41, 5.74) is 0.615. The summed E-state index contributed by atoms with van der Waals surface area (Å²) in [6.45, 7) is 7.48. The Hall–Kier alpha value is -2.11. The Morgan fingerprint density at radius 1 is 1.30 bits per heavy atom. The molecule has 0 unspecified atom stereocenters. The maximum Gasteiger partial charge on any atom is 0.293 e. The molecule has 0 bridgehead atoms. The fraction of sp³-hybridized carbons (Fsp3) is 0.500. The van der Waals surface area contributed by atoms with Gasteiger partial charge in [-0.05, 0) is 26.3 Å². The molecule has 0 aromatic heterocycles. The Labute approximate surface area is 118 Å². The molecule has 1 N–H and O–H groups in total. The lowest BCUT2D eigenvalue weighted by molar-refractivity contribution is -0.384. The zero-order chi connectivity index (χ0) is 15.1. The fourth-order valence-electron chi connectivity index (χ4n) is 1.99. The first kappa shape index (κ1) is 15.9. The van der Waals surface area contributed by atoms with Crippen LogP contribution >= 0.6 is 0 Å². The number of hydrogen-bond donors (Lipinski definition) is 1. The van der Waals surface area contributed by atoms with Crippen LogP contribution in [0.15, 0.2) is 18.2 Å². The van der Waals surface area contributed by atoms with Crippen molar-refractivity contribution < 1.29 is 9.72 Å². The molecule has 110 valence electrons. The minimum atomic E-state index is -0.461. The van der Waals surface area contributed by atoms with Gasteiger partial charge in [0.2, 0.25) is 0 Å². The SMILES string of the molecule is CCCNc1c(C(=O)N(CC)CC)cccc1[N+](=O)[O-]. The minimum absolute atomic E-state index is 0.0588. The average molecular weight is 279 g/mol. The van der Waals surface area contributed by atoms with Crippen LogP contribution in [0, 0.1) is 10.1 Å². The first-order valence-corrected chi connectivity index (χ1v) is 6.87. The monoisotopic (exact) mass is 279 g/mol. The number of nitro groups is 1. The molecule has 1 aromatic rings. The molecule has 1 aromatic carbocycles. The van der Waals surface area contributed by atoms with Crippen molar-refractivity contribution in [1.82, 2.24) is 4.90 Å². The van der Waals surface area contributed by atoms with Crippen LogP contribution in [0.3, 0.4) is 0 Å². The van der Waals surface area contributed by atoms with Crippen LogP contribution in [0.25, 0.3) is 0 Å². The molecule has 0 aliphatic heterocycles. The van der Waals surface area contributed by atoms with Crippen LogP contribution in [-0.4, -0.2) is 35.4 Å². The topological polar surface area (TPSA) is 75.5 Å². The molecule has 0 saturated heterocycles. The van der Waals surface area contributed by atoms with Crippen molar-refractivity contribution in [2.45, 2.75) is 27.2 Å². The van der Waals surface area contributed by atoms with Crippen LogP contribution in [0.5, 0.6) is 0 Å². The predicted octanol–water partition coefficient (Wildman–Crippen LogP) is 2.90. The Balaban J connectivity index is 3.26. The van der Waals surface area contributed by atoms with E-state index in [0.29, 0.717) is 30.9 Å². The van der Waals surface area contributed by atoms with Crippen molar-refractivity contribution >= 4 is 17.3 Å². The number of anilines is 1. The van der Waals surface area contributed by atoms with Gasteiger partial charge in [-0.2, -0.15) is 0 Å². The first-order valence-electron chi connectivity index (χ1n) is 6.87. The van der Waals surface area contributed by atoms with Crippen molar-refractivity contribution in [3.63, 3.8) is 0 Å². The van der Waals surface area contributed by atoms with Gasteiger partial charge in [-0.3, -0.25) is 14.9 Å². The molecular weight excluding hydrogens is 258 g/mol. The van der Waals surface area contributed by atoms with E-state index >= 15 is 0 Å². The number of nitrogens with one attached hydrogen (secondary N) is 1. The molecule has 0 aliphatic rings. The summed E-state index contributed by atoms with van der Waals surface area (Å²) < 4.78 is 0. The summed E-state index contributed by atoms with van der Waals surface area (Å²) in [6, 6.07) is 4.59. The zero-order valence-corrected chi connectivity index (χ0v) is 12.2. The highest BCUT2D eigenvalue weighted by molar-refractivity contribution is 6.01. The molecule has 1 rings (SSSR count). The van der Waals surface area contributed by atoms with E-state index in [1.165, 1.54) is 6.07 Å². The smallest absolute Gasteiger partial charge is 0.293 e. The van der Waals surface area contributed by atoms with Crippen molar-refractivity contribution in [3.05, 3.63) is 33.9 Å². The highest BCUT2D eigenvalue weighted by Gasteiger charge is 2.23. The normalized spacial score (nSPS) is 10.2. The van der Waals surface area contributed by atoms with Gasteiger partial charge in [-0.1, -0.05) is 13.0 Å². The van der Waals surface area contributed by atoms with Gasteiger partial charge in [0.15, 0.2) is 0 Å². The third kappa shape index (κ3) is 3.46. The lowest BCUT2D eigenvalue weighted by atomic mass is 10.1. The van der Waals surface area contributed by atoms with Gasteiger partial charge in [0.05, 0.1) is 10.5 Å². The number of benzene rings is 1. The van der Waals surface area contributed by atoms with Crippen molar-refractivity contribution in [3.8, 4) is 0 Å². The van der Waals surface area contributed by atoms with E-state index < -0.39 is 4.92 Å². The second-order valence-corrected chi connectivity index (χ2v) is 4.36. The number of nitrogens with zero attached hydrogens (tertiary/aromatic N) is 2. The molecule has 0 saturated carbocycles. The standard InChI is InChI=1S/C14H21N3O3/c1-4-10-15-13-11(14(18)16(5-2)6-3)8-7-9-12(13)17(19)20/h7-9,15H,4-6,10H2,1-3H3. The van der Waals surface area contributed by atoms with E-state index in [1.54, 1.807) is 17.0 Å². The van der Waals surface area contributed by atoms with Crippen molar-refractivity contribution in [1.29, 1.82) is 0 Å². The molecule has 6 heteroatoms. The van der Waals surface area contributed by atoms with Crippen LogP contribution < -0.4 is 5.32 Å². The molecule has 0 aliphatic carbocycles. The summed E-state index contributed by atoms with van der Waals surface area (Å²) in [6.07, 6.45) is 0.824. The second-order valence-electron chi connectivity index (χ2n) is 4.36. The van der Waals surface area contributed by atoms with E-state index in [9.17, 15) is 14.9 Å². The van der Waals surface area contributed by atoms with Gasteiger partial charge in [-0.25, -0.2) is 0 Å². The number of hydrogen-bond acceptors (Lipinski definition) is 4.